The van der Waals surface area contributed by atoms with E-state index in [4.69, 9.17) is 4.74 Å². The van der Waals surface area contributed by atoms with Crippen molar-refractivity contribution in [2.24, 2.45) is 0 Å². The Bertz CT molecular complexity index is 1250. The van der Waals surface area contributed by atoms with Crippen LogP contribution in [0.2, 0.25) is 0 Å². The van der Waals surface area contributed by atoms with Gasteiger partial charge >= 0.3 is 5.97 Å². The monoisotopic (exact) mass is 404 g/mol. The topological polar surface area (TPSA) is 99.5 Å². The fraction of sp³-hybridized carbons (Fsp3) is 0. The molecule has 0 fully saturated rings. The molecule has 7 heteroatoms. The number of hydrogen-bond acceptors (Lipinski definition) is 5. The first-order chi connectivity index (χ1) is 14.0. The lowest BCUT2D eigenvalue weighted by Gasteiger charge is -2.12. The molecule has 0 aliphatic heterocycles. The molecule has 29 heavy (non-hydrogen) atoms. The molecule has 0 bridgehead atoms. The number of rotatable bonds is 5. The van der Waals surface area contributed by atoms with E-state index in [1.54, 1.807) is 30.5 Å². The van der Waals surface area contributed by atoms with Crippen LogP contribution >= 0.6 is 0 Å². The fourth-order valence-electron chi connectivity index (χ4n) is 3.10. The van der Waals surface area contributed by atoms with Gasteiger partial charge in [0, 0.05) is 16.5 Å². The maximum absolute atomic E-state index is 11.5. The van der Waals surface area contributed by atoms with Crippen molar-refractivity contribution in [2.45, 2.75) is 4.90 Å². The minimum Gasteiger partial charge on any atom is -0.768 e. The van der Waals surface area contributed by atoms with Crippen molar-refractivity contribution in [3.05, 3.63) is 84.6 Å². The maximum atomic E-state index is 11.5. The van der Waals surface area contributed by atoms with Gasteiger partial charge in [-0.25, -0.2) is 4.79 Å². The molecule has 3 aromatic carbocycles. The Morgan fingerprint density at radius 2 is 1.69 bits per heavy atom. The smallest absolute Gasteiger partial charge is 0.337 e. The Balaban J connectivity index is 1.75. The third-order valence-corrected chi connectivity index (χ3v) is 5.02. The van der Waals surface area contributed by atoms with Gasteiger partial charge in [-0.15, -0.1) is 0 Å². The molecule has 0 aliphatic carbocycles. The van der Waals surface area contributed by atoms with Gasteiger partial charge in [-0.2, -0.15) is 0 Å². The van der Waals surface area contributed by atoms with Crippen molar-refractivity contribution in [1.29, 1.82) is 0 Å². The van der Waals surface area contributed by atoms with Crippen LogP contribution in [0, 0.1) is 0 Å². The number of pyridine rings is 1. The summed E-state index contributed by atoms with van der Waals surface area (Å²) in [4.78, 5) is 15.9. The molecule has 0 amide bonds. The van der Waals surface area contributed by atoms with Crippen LogP contribution in [0.25, 0.3) is 22.0 Å². The molecular weight excluding hydrogens is 390 g/mol. The minimum atomic E-state index is -2.34. The van der Waals surface area contributed by atoms with Crippen LogP contribution in [0.5, 0.6) is 11.5 Å². The van der Waals surface area contributed by atoms with Gasteiger partial charge in [-0.3, -0.25) is 9.19 Å². The second-order valence-corrected chi connectivity index (χ2v) is 7.15. The number of fused-ring (bicyclic) bond motifs is 1. The highest BCUT2D eigenvalue weighted by Crippen LogP contribution is 2.32. The summed E-state index contributed by atoms with van der Waals surface area (Å²) in [6, 6.07) is 20.3. The number of benzene rings is 3. The van der Waals surface area contributed by atoms with Crippen molar-refractivity contribution in [1.82, 2.24) is 4.98 Å². The molecule has 144 valence electrons. The second kappa shape index (κ2) is 7.83. The molecular formula is C22H14NO5S-. The van der Waals surface area contributed by atoms with E-state index >= 15 is 0 Å². The number of carboxylic acids is 1. The molecule has 1 unspecified atom stereocenters. The highest BCUT2D eigenvalue weighted by atomic mass is 32.2. The van der Waals surface area contributed by atoms with Gasteiger partial charge in [0.2, 0.25) is 0 Å². The Morgan fingerprint density at radius 1 is 0.966 bits per heavy atom. The Kier molecular flexibility index (Phi) is 5.07. The highest BCUT2D eigenvalue weighted by Gasteiger charge is 2.13. The molecule has 1 heterocycles. The third-order valence-electron chi connectivity index (χ3n) is 4.38. The van der Waals surface area contributed by atoms with E-state index in [0.29, 0.717) is 22.4 Å². The second-order valence-electron chi connectivity index (χ2n) is 6.20. The molecule has 1 N–H and O–H groups in total. The van der Waals surface area contributed by atoms with E-state index < -0.39 is 17.0 Å². The lowest BCUT2D eigenvalue weighted by atomic mass is 9.99. The third kappa shape index (κ3) is 3.87. The Hall–Kier alpha value is -3.55. The Morgan fingerprint density at radius 3 is 2.45 bits per heavy atom. The molecule has 0 radical (unpaired) electrons. The molecule has 0 saturated heterocycles. The zero-order chi connectivity index (χ0) is 20.4. The summed E-state index contributed by atoms with van der Waals surface area (Å²) < 4.78 is 28.1. The summed E-state index contributed by atoms with van der Waals surface area (Å²) in [5.41, 5.74) is 2.19. The van der Waals surface area contributed by atoms with E-state index in [9.17, 15) is 18.7 Å². The minimum absolute atomic E-state index is 0.138. The van der Waals surface area contributed by atoms with Crippen LogP contribution in [0.1, 0.15) is 10.4 Å². The summed E-state index contributed by atoms with van der Waals surface area (Å²) >= 11 is -2.34. The molecule has 1 aromatic heterocycles. The quantitative estimate of drug-likeness (QED) is 0.487. The number of ether oxygens (including phenoxy) is 1. The van der Waals surface area contributed by atoms with Gasteiger partial charge in [0.05, 0.1) is 11.1 Å². The van der Waals surface area contributed by atoms with Gasteiger partial charge in [0.25, 0.3) is 0 Å². The normalized spacial score (nSPS) is 11.9. The fourth-order valence-corrected chi connectivity index (χ4v) is 3.51. The van der Waals surface area contributed by atoms with Gasteiger partial charge in [-0.05, 0) is 64.7 Å². The lowest BCUT2D eigenvalue weighted by molar-refractivity contribution is 0.0699. The molecule has 0 spiro atoms. The summed E-state index contributed by atoms with van der Waals surface area (Å²) in [6.07, 6.45) is 1.57. The number of nitrogens with zero attached hydrogens (tertiary/aromatic N) is 1. The van der Waals surface area contributed by atoms with Crippen molar-refractivity contribution in [3.63, 3.8) is 0 Å². The van der Waals surface area contributed by atoms with Gasteiger partial charge < -0.3 is 14.4 Å². The van der Waals surface area contributed by atoms with E-state index in [0.717, 1.165) is 11.1 Å². The standard InChI is InChI=1S/C22H15NO5S/c24-22(25)20-9-3-8-19-18(10-11-23-21(19)20)14-4-1-5-15(12-14)28-16-6-2-7-17(13-16)29(26)27/h1-13H,(H,24,25)(H,26,27)/p-1. The van der Waals surface area contributed by atoms with E-state index in [2.05, 4.69) is 4.98 Å². The number of carboxylic acid groups (broad SMARTS) is 1. The van der Waals surface area contributed by atoms with Crippen molar-refractivity contribution >= 4 is 28.0 Å². The first-order valence-corrected chi connectivity index (χ1v) is 9.69. The summed E-state index contributed by atoms with van der Waals surface area (Å²) in [5.74, 6) is -0.111. The number of hydrogen-bond donors (Lipinski definition) is 1. The van der Waals surface area contributed by atoms with E-state index in [1.165, 1.54) is 18.2 Å². The number of aromatic nitrogens is 1. The van der Waals surface area contributed by atoms with E-state index in [-0.39, 0.29) is 10.5 Å². The summed E-state index contributed by atoms with van der Waals surface area (Å²) in [7, 11) is 0. The van der Waals surface area contributed by atoms with Gasteiger partial charge in [-0.1, -0.05) is 30.3 Å². The number of carbonyl (C=O) groups is 1. The van der Waals surface area contributed by atoms with Crippen LogP contribution in [0.3, 0.4) is 0 Å². The van der Waals surface area contributed by atoms with Gasteiger partial charge in [0.15, 0.2) is 0 Å². The predicted octanol–water partition coefficient (Wildman–Crippen LogP) is 4.63. The van der Waals surface area contributed by atoms with Crippen molar-refractivity contribution < 1.29 is 23.4 Å². The lowest BCUT2D eigenvalue weighted by Crippen LogP contribution is -1.99. The number of aromatic carboxylic acids is 1. The predicted molar refractivity (Wildman–Crippen MR) is 108 cm³/mol. The maximum Gasteiger partial charge on any atom is 0.337 e. The van der Waals surface area contributed by atoms with Crippen LogP contribution in [-0.4, -0.2) is 24.8 Å². The average molecular weight is 404 g/mol. The molecule has 0 saturated carbocycles. The van der Waals surface area contributed by atoms with Crippen LogP contribution in [-0.2, 0) is 11.1 Å². The van der Waals surface area contributed by atoms with Crippen molar-refractivity contribution in [3.8, 4) is 22.6 Å². The highest BCUT2D eigenvalue weighted by molar-refractivity contribution is 7.79. The molecule has 1 atom stereocenters. The molecule has 4 rings (SSSR count). The Labute approximate surface area is 168 Å². The van der Waals surface area contributed by atoms with Gasteiger partial charge in [0.1, 0.15) is 11.5 Å². The van der Waals surface area contributed by atoms with Crippen LogP contribution < -0.4 is 4.74 Å². The van der Waals surface area contributed by atoms with Crippen LogP contribution in [0.15, 0.2) is 83.9 Å². The SMILES string of the molecule is O=C(O)c1cccc2c(-c3cccc(Oc4cccc(S(=O)[O-])c4)c3)ccnc12. The van der Waals surface area contributed by atoms with Crippen LogP contribution in [0.4, 0.5) is 0 Å². The zero-order valence-electron chi connectivity index (χ0n) is 14.9. The molecule has 0 aliphatic rings. The average Bonchev–Trinajstić information content (AvgIpc) is 2.73. The van der Waals surface area contributed by atoms with Crippen molar-refractivity contribution in [2.75, 3.05) is 0 Å². The zero-order valence-corrected chi connectivity index (χ0v) is 15.8. The first-order valence-electron chi connectivity index (χ1n) is 8.61. The number of para-hydroxylation sites is 1. The first kappa shape index (κ1) is 18.8. The molecule has 4 aromatic rings. The summed E-state index contributed by atoms with van der Waals surface area (Å²) in [6.45, 7) is 0. The largest absolute Gasteiger partial charge is 0.768 e. The van der Waals surface area contributed by atoms with E-state index in [1.807, 2.05) is 30.3 Å². The molecule has 6 nitrogen and oxygen atoms in total. The summed E-state index contributed by atoms with van der Waals surface area (Å²) in [5, 5.41) is 10.1.